The zero-order valence-corrected chi connectivity index (χ0v) is 5.14. The van der Waals surface area contributed by atoms with E-state index in [-0.39, 0.29) is 5.92 Å². The van der Waals surface area contributed by atoms with Gasteiger partial charge in [0.15, 0.2) is 0 Å². The molecule has 0 aliphatic heterocycles. The molecule has 0 unspecified atom stereocenters. The Hall–Kier alpha value is -1.54. The molecule has 0 aromatic heterocycles. The van der Waals surface area contributed by atoms with Crippen LogP contribution in [0, 0.1) is 5.92 Å². The van der Waals surface area contributed by atoms with Gasteiger partial charge in [0.2, 0.25) is 5.91 Å². The van der Waals surface area contributed by atoms with Gasteiger partial charge in [0.05, 0.1) is 5.92 Å². The number of carbonyl (C=O) groups excluding carboxylic acids is 1. The Balaban J connectivity index is 2.66. The monoisotopic (exact) mass is 135 g/mol. The predicted octanol–water partition coefficient (Wildman–Crippen LogP) is 1.57. The van der Waals surface area contributed by atoms with Crippen LogP contribution in [0.5, 0.6) is 0 Å². The van der Waals surface area contributed by atoms with Crippen LogP contribution in [0.2, 0.25) is 0 Å². The SMILES string of the molecule is [N-]=[N+]=NC(=O)C1C=CC=C1. The minimum atomic E-state index is -0.451. The quantitative estimate of drug-likeness (QED) is 0.305. The Bertz CT molecular complexity index is 236. The minimum absolute atomic E-state index is 0.337. The van der Waals surface area contributed by atoms with Crippen molar-refractivity contribution >= 4 is 5.91 Å². The van der Waals surface area contributed by atoms with E-state index in [9.17, 15) is 4.79 Å². The van der Waals surface area contributed by atoms with Crippen LogP contribution in [0.1, 0.15) is 0 Å². The third-order valence-corrected chi connectivity index (χ3v) is 1.18. The number of hydrogen-bond acceptors (Lipinski definition) is 1. The Morgan fingerprint density at radius 1 is 1.50 bits per heavy atom. The molecule has 0 saturated carbocycles. The number of carbonyl (C=O) groups is 1. The molecule has 0 aromatic carbocycles. The second-order valence-electron chi connectivity index (χ2n) is 1.82. The molecule has 0 aromatic rings. The number of allylic oxidation sites excluding steroid dienone is 2. The Morgan fingerprint density at radius 3 is 2.60 bits per heavy atom. The van der Waals surface area contributed by atoms with Crippen molar-refractivity contribution in [3.05, 3.63) is 34.7 Å². The maximum Gasteiger partial charge on any atom is 0.229 e. The molecule has 1 aliphatic carbocycles. The molecule has 0 N–H and O–H groups in total. The summed E-state index contributed by atoms with van der Waals surface area (Å²) in [6.45, 7) is 0. The highest BCUT2D eigenvalue weighted by atomic mass is 16.1. The maximum atomic E-state index is 10.7. The lowest BCUT2D eigenvalue weighted by atomic mass is 10.2. The van der Waals surface area contributed by atoms with Crippen LogP contribution >= 0.6 is 0 Å². The van der Waals surface area contributed by atoms with Gasteiger partial charge in [-0.3, -0.25) is 4.79 Å². The zero-order valence-electron chi connectivity index (χ0n) is 5.14. The molecule has 1 rings (SSSR count). The van der Waals surface area contributed by atoms with Crippen molar-refractivity contribution in [2.75, 3.05) is 0 Å². The summed E-state index contributed by atoms with van der Waals surface area (Å²) in [6.07, 6.45) is 6.85. The van der Waals surface area contributed by atoms with E-state index in [4.69, 9.17) is 5.53 Å². The molecule has 0 radical (unpaired) electrons. The van der Waals surface area contributed by atoms with Gasteiger partial charge in [-0.2, -0.15) is 0 Å². The van der Waals surface area contributed by atoms with E-state index in [1.165, 1.54) is 0 Å². The summed E-state index contributed by atoms with van der Waals surface area (Å²) in [7, 11) is 0. The lowest BCUT2D eigenvalue weighted by Crippen LogP contribution is -2.02. The fourth-order valence-electron chi connectivity index (χ4n) is 0.707. The van der Waals surface area contributed by atoms with E-state index in [2.05, 4.69) is 10.0 Å². The number of amides is 1. The second kappa shape index (κ2) is 2.85. The standard InChI is InChI=1S/C6H5N3O/c7-9-8-6(10)5-3-1-2-4-5/h1-5H. The Labute approximate surface area is 57.5 Å². The highest BCUT2D eigenvalue weighted by Gasteiger charge is 2.10. The molecule has 0 atom stereocenters. The van der Waals surface area contributed by atoms with E-state index in [1.54, 1.807) is 24.3 Å². The minimum Gasteiger partial charge on any atom is -0.292 e. The molecule has 0 bridgehead atoms. The second-order valence-corrected chi connectivity index (χ2v) is 1.82. The van der Waals surface area contributed by atoms with Crippen LogP contribution in [0.4, 0.5) is 0 Å². The van der Waals surface area contributed by atoms with Crippen molar-refractivity contribution in [1.29, 1.82) is 0 Å². The summed E-state index contributed by atoms with van der Waals surface area (Å²) in [5.41, 5.74) is 7.89. The van der Waals surface area contributed by atoms with E-state index in [0.29, 0.717) is 0 Å². The third kappa shape index (κ3) is 1.24. The lowest BCUT2D eigenvalue weighted by Gasteiger charge is -1.93. The summed E-state index contributed by atoms with van der Waals surface area (Å²) >= 11 is 0. The van der Waals surface area contributed by atoms with Crippen LogP contribution in [0.15, 0.2) is 29.4 Å². The highest BCUT2D eigenvalue weighted by Crippen LogP contribution is 2.09. The third-order valence-electron chi connectivity index (χ3n) is 1.18. The average molecular weight is 135 g/mol. The Kier molecular flexibility index (Phi) is 1.87. The van der Waals surface area contributed by atoms with Crippen molar-refractivity contribution in [3.8, 4) is 0 Å². The van der Waals surface area contributed by atoms with Gasteiger partial charge >= 0.3 is 0 Å². The molecule has 0 spiro atoms. The summed E-state index contributed by atoms with van der Waals surface area (Å²) in [4.78, 5) is 13.1. The average Bonchev–Trinajstić information content (AvgIpc) is 2.38. The summed E-state index contributed by atoms with van der Waals surface area (Å²) < 4.78 is 0. The molecule has 0 heterocycles. The first kappa shape index (κ1) is 6.58. The van der Waals surface area contributed by atoms with Crippen molar-refractivity contribution in [3.63, 3.8) is 0 Å². The summed E-state index contributed by atoms with van der Waals surface area (Å²) in [6, 6.07) is 0. The number of azide groups is 1. The van der Waals surface area contributed by atoms with Gasteiger partial charge in [0, 0.05) is 4.91 Å². The normalized spacial score (nSPS) is 15.2. The van der Waals surface area contributed by atoms with Crippen LogP contribution in [-0.2, 0) is 4.79 Å². The fraction of sp³-hybridized carbons (Fsp3) is 0.167. The topological polar surface area (TPSA) is 65.8 Å². The van der Waals surface area contributed by atoms with Gasteiger partial charge in [-0.15, -0.1) is 0 Å². The van der Waals surface area contributed by atoms with Crippen molar-refractivity contribution < 1.29 is 4.79 Å². The first-order valence-electron chi connectivity index (χ1n) is 2.78. The van der Waals surface area contributed by atoms with E-state index >= 15 is 0 Å². The van der Waals surface area contributed by atoms with Gasteiger partial charge in [-0.1, -0.05) is 24.3 Å². The smallest absolute Gasteiger partial charge is 0.229 e. The maximum absolute atomic E-state index is 10.7. The number of nitrogens with zero attached hydrogens (tertiary/aromatic N) is 3. The molecular weight excluding hydrogens is 130 g/mol. The summed E-state index contributed by atoms with van der Waals surface area (Å²) in [5.74, 6) is -0.789. The first-order chi connectivity index (χ1) is 4.84. The molecule has 0 saturated heterocycles. The molecule has 4 heteroatoms. The van der Waals surface area contributed by atoms with E-state index in [0.717, 1.165) is 0 Å². The first-order valence-corrected chi connectivity index (χ1v) is 2.78. The molecule has 1 amide bonds. The number of hydrogen-bond donors (Lipinski definition) is 0. The van der Waals surface area contributed by atoms with Crippen LogP contribution in [0.25, 0.3) is 10.4 Å². The molecule has 10 heavy (non-hydrogen) atoms. The van der Waals surface area contributed by atoms with Gasteiger partial charge in [0.25, 0.3) is 0 Å². The molecule has 0 fully saturated rings. The van der Waals surface area contributed by atoms with Crippen molar-refractivity contribution in [2.45, 2.75) is 0 Å². The number of rotatable bonds is 1. The van der Waals surface area contributed by atoms with Gasteiger partial charge in [0.1, 0.15) is 0 Å². The molecule has 1 aliphatic rings. The lowest BCUT2D eigenvalue weighted by molar-refractivity contribution is -0.119. The van der Waals surface area contributed by atoms with Crippen LogP contribution < -0.4 is 0 Å². The summed E-state index contributed by atoms with van der Waals surface area (Å²) in [5, 5.41) is 2.95. The highest BCUT2D eigenvalue weighted by molar-refractivity contribution is 5.83. The Morgan fingerprint density at radius 2 is 2.10 bits per heavy atom. The van der Waals surface area contributed by atoms with Crippen molar-refractivity contribution in [2.24, 2.45) is 11.0 Å². The molecule has 50 valence electrons. The zero-order chi connectivity index (χ0) is 7.40. The van der Waals surface area contributed by atoms with Gasteiger partial charge in [-0.05, 0) is 10.6 Å². The van der Waals surface area contributed by atoms with Crippen LogP contribution in [-0.4, -0.2) is 5.91 Å². The fourth-order valence-corrected chi connectivity index (χ4v) is 0.707. The van der Waals surface area contributed by atoms with E-state index < -0.39 is 5.91 Å². The van der Waals surface area contributed by atoms with Crippen molar-refractivity contribution in [1.82, 2.24) is 0 Å². The predicted molar refractivity (Wildman–Crippen MR) is 35.9 cm³/mol. The molecular formula is C6H5N3O. The largest absolute Gasteiger partial charge is 0.292 e. The van der Waals surface area contributed by atoms with Crippen LogP contribution in [0.3, 0.4) is 0 Å². The van der Waals surface area contributed by atoms with Gasteiger partial charge < -0.3 is 0 Å². The van der Waals surface area contributed by atoms with E-state index in [1.807, 2.05) is 0 Å². The van der Waals surface area contributed by atoms with Gasteiger partial charge in [-0.25, -0.2) is 0 Å². The molecule has 4 nitrogen and oxygen atoms in total.